The van der Waals surface area contributed by atoms with E-state index >= 15 is 0 Å². The third-order valence-electron chi connectivity index (χ3n) is 4.88. The molecule has 5 nitrogen and oxygen atoms in total. The molecule has 0 unspecified atom stereocenters. The lowest BCUT2D eigenvalue weighted by molar-refractivity contribution is -0.123. The highest BCUT2D eigenvalue weighted by atomic mass is 79.9. The van der Waals surface area contributed by atoms with Crippen molar-refractivity contribution in [3.8, 4) is 5.75 Å². The predicted octanol–water partition coefficient (Wildman–Crippen LogP) is 6.87. The summed E-state index contributed by atoms with van der Waals surface area (Å²) in [4.78, 5) is 39.5. The number of ether oxygens (including phenoxy) is 1. The number of aryl methyl sites for hydroxylation is 1. The average molecular weight is 543 g/mol. The lowest BCUT2D eigenvalue weighted by Crippen LogP contribution is -2.27. The van der Waals surface area contributed by atoms with Gasteiger partial charge in [-0.25, -0.2) is 4.79 Å². The zero-order chi connectivity index (χ0) is 23.5. The third-order valence-corrected chi connectivity index (χ3v) is 6.53. The van der Waals surface area contributed by atoms with Crippen molar-refractivity contribution in [2.24, 2.45) is 0 Å². The molecule has 0 aliphatic carbocycles. The van der Waals surface area contributed by atoms with Gasteiger partial charge in [-0.3, -0.25) is 14.5 Å². The number of nitrogens with zero attached hydrogens (tertiary/aromatic N) is 1. The molecule has 2 amide bonds. The summed E-state index contributed by atoms with van der Waals surface area (Å²) in [7, 11) is 0. The highest BCUT2D eigenvalue weighted by molar-refractivity contribution is 9.10. The van der Waals surface area contributed by atoms with Crippen LogP contribution in [0.3, 0.4) is 0 Å². The molecule has 1 fully saturated rings. The van der Waals surface area contributed by atoms with Gasteiger partial charge in [0.1, 0.15) is 5.75 Å². The number of rotatable bonds is 5. The Kier molecular flexibility index (Phi) is 7.02. The van der Waals surface area contributed by atoms with Crippen LogP contribution in [0.25, 0.3) is 6.08 Å². The van der Waals surface area contributed by atoms with Gasteiger partial charge in [0, 0.05) is 15.1 Å². The normalized spacial score (nSPS) is 14.8. The quantitative estimate of drug-likeness (QED) is 0.200. The molecule has 1 aliphatic heterocycles. The number of halogens is 2. The monoisotopic (exact) mass is 541 g/mol. The van der Waals surface area contributed by atoms with Crippen LogP contribution < -0.4 is 4.74 Å². The number of benzene rings is 3. The first-order valence-corrected chi connectivity index (χ1v) is 11.9. The topological polar surface area (TPSA) is 63.7 Å². The van der Waals surface area contributed by atoms with E-state index in [-0.39, 0.29) is 22.4 Å². The van der Waals surface area contributed by atoms with Crippen LogP contribution in [-0.2, 0) is 11.3 Å². The molecule has 3 aromatic rings. The number of esters is 1. The molecule has 8 heteroatoms. The molecule has 1 saturated heterocycles. The Morgan fingerprint density at radius 3 is 2.45 bits per heavy atom. The van der Waals surface area contributed by atoms with Crippen LogP contribution in [0.15, 0.2) is 76.1 Å². The predicted molar refractivity (Wildman–Crippen MR) is 133 cm³/mol. The summed E-state index contributed by atoms with van der Waals surface area (Å²) in [6, 6.07) is 19.1. The number of amides is 2. The molecule has 0 atom stereocenters. The summed E-state index contributed by atoms with van der Waals surface area (Å²) in [6.07, 6.45) is 1.56. The van der Waals surface area contributed by atoms with Crippen molar-refractivity contribution in [1.29, 1.82) is 0 Å². The Morgan fingerprint density at radius 2 is 1.76 bits per heavy atom. The molecule has 1 heterocycles. The maximum atomic E-state index is 12.9. The number of thioether (sulfide) groups is 1. The van der Waals surface area contributed by atoms with E-state index in [4.69, 9.17) is 16.3 Å². The summed E-state index contributed by atoms with van der Waals surface area (Å²) >= 11 is 10.2. The average Bonchev–Trinajstić information content (AvgIpc) is 3.05. The summed E-state index contributed by atoms with van der Waals surface area (Å²) in [5.74, 6) is -0.633. The third kappa shape index (κ3) is 5.55. The fourth-order valence-electron chi connectivity index (χ4n) is 3.12. The Balaban J connectivity index is 1.58. The fourth-order valence-corrected chi connectivity index (χ4v) is 4.46. The van der Waals surface area contributed by atoms with Crippen molar-refractivity contribution < 1.29 is 19.1 Å². The van der Waals surface area contributed by atoms with E-state index in [2.05, 4.69) is 15.9 Å². The molecule has 0 aromatic heterocycles. The Morgan fingerprint density at radius 1 is 1.06 bits per heavy atom. The number of hydrogen-bond acceptors (Lipinski definition) is 5. The van der Waals surface area contributed by atoms with Crippen molar-refractivity contribution in [3.05, 3.63) is 103 Å². The lowest BCUT2D eigenvalue weighted by Gasteiger charge is -2.12. The molecule has 1 aliphatic rings. The van der Waals surface area contributed by atoms with Gasteiger partial charge >= 0.3 is 5.97 Å². The fraction of sp³-hybridized carbons (Fsp3) is 0.0800. The molecule has 3 aromatic carbocycles. The number of carbonyl (C=O) groups excluding carboxylic acids is 3. The van der Waals surface area contributed by atoms with Gasteiger partial charge in [-0.1, -0.05) is 57.4 Å². The zero-order valence-electron chi connectivity index (χ0n) is 17.4. The van der Waals surface area contributed by atoms with Crippen molar-refractivity contribution in [3.63, 3.8) is 0 Å². The minimum Gasteiger partial charge on any atom is -0.422 e. The van der Waals surface area contributed by atoms with Crippen LogP contribution in [0.2, 0.25) is 5.02 Å². The van der Waals surface area contributed by atoms with E-state index in [0.29, 0.717) is 16.1 Å². The van der Waals surface area contributed by atoms with Gasteiger partial charge in [-0.05, 0) is 72.8 Å². The van der Waals surface area contributed by atoms with Gasteiger partial charge < -0.3 is 4.74 Å². The van der Waals surface area contributed by atoms with E-state index in [9.17, 15) is 14.4 Å². The van der Waals surface area contributed by atoms with Crippen LogP contribution in [0.4, 0.5) is 4.79 Å². The van der Waals surface area contributed by atoms with E-state index in [0.717, 1.165) is 27.4 Å². The largest absolute Gasteiger partial charge is 0.422 e. The maximum Gasteiger partial charge on any atom is 0.343 e. The van der Waals surface area contributed by atoms with Crippen molar-refractivity contribution >= 4 is 62.5 Å². The molecular weight excluding hydrogens is 526 g/mol. The molecule has 33 heavy (non-hydrogen) atoms. The van der Waals surface area contributed by atoms with Crippen LogP contribution in [-0.4, -0.2) is 22.0 Å². The number of hydrogen-bond donors (Lipinski definition) is 0. The standard InChI is InChI=1S/C25H17BrClNO4S/c1-15-2-6-17(7-3-15)24(30)32-21-11-8-19(26)12-18(21)13-22-23(29)28(25(31)33-22)14-16-4-9-20(27)10-5-16/h2-13H,14H2,1H3/b22-13-. The van der Waals surface area contributed by atoms with Crippen molar-refractivity contribution in [2.75, 3.05) is 0 Å². The maximum absolute atomic E-state index is 12.9. The smallest absolute Gasteiger partial charge is 0.343 e. The highest BCUT2D eigenvalue weighted by Crippen LogP contribution is 2.36. The zero-order valence-corrected chi connectivity index (χ0v) is 20.5. The van der Waals surface area contributed by atoms with Gasteiger partial charge in [0.15, 0.2) is 0 Å². The van der Waals surface area contributed by atoms with Gasteiger partial charge in [0.05, 0.1) is 17.0 Å². The summed E-state index contributed by atoms with van der Waals surface area (Å²) in [5, 5.41) is 0.213. The minimum absolute atomic E-state index is 0.146. The highest BCUT2D eigenvalue weighted by Gasteiger charge is 2.35. The van der Waals surface area contributed by atoms with Gasteiger partial charge in [-0.2, -0.15) is 0 Å². The van der Waals surface area contributed by atoms with E-state index in [1.807, 2.05) is 19.1 Å². The van der Waals surface area contributed by atoms with Crippen molar-refractivity contribution in [2.45, 2.75) is 13.5 Å². The summed E-state index contributed by atoms with van der Waals surface area (Å²) in [6.45, 7) is 2.08. The second-order valence-electron chi connectivity index (χ2n) is 7.33. The molecule has 0 bridgehead atoms. The van der Waals surface area contributed by atoms with E-state index in [1.165, 1.54) is 4.90 Å². The molecule has 0 spiro atoms. The molecule has 4 rings (SSSR count). The Labute approximate surface area is 208 Å². The minimum atomic E-state index is -0.511. The first-order chi connectivity index (χ1) is 15.8. The van der Waals surface area contributed by atoms with Crippen LogP contribution in [0, 0.1) is 6.92 Å². The lowest BCUT2D eigenvalue weighted by atomic mass is 10.1. The van der Waals surface area contributed by atoms with Gasteiger partial charge in [-0.15, -0.1) is 0 Å². The first-order valence-electron chi connectivity index (χ1n) is 9.88. The second kappa shape index (κ2) is 9.95. The Bertz CT molecular complexity index is 1270. The van der Waals surface area contributed by atoms with Gasteiger partial charge in [0.25, 0.3) is 11.1 Å². The SMILES string of the molecule is Cc1ccc(C(=O)Oc2ccc(Br)cc2/C=C2\SC(=O)N(Cc3ccc(Cl)cc3)C2=O)cc1. The molecule has 166 valence electrons. The molecule has 0 saturated carbocycles. The summed E-state index contributed by atoms with van der Waals surface area (Å²) < 4.78 is 6.34. The van der Waals surface area contributed by atoms with Crippen molar-refractivity contribution in [1.82, 2.24) is 4.90 Å². The number of imide groups is 1. The number of carbonyl (C=O) groups is 3. The Hall–Kier alpha value is -2.87. The van der Waals surface area contributed by atoms with Crippen LogP contribution in [0.5, 0.6) is 5.75 Å². The van der Waals surface area contributed by atoms with E-state index < -0.39 is 11.9 Å². The van der Waals surface area contributed by atoms with Gasteiger partial charge in [0.2, 0.25) is 0 Å². The second-order valence-corrected chi connectivity index (χ2v) is 9.68. The summed E-state index contributed by atoms with van der Waals surface area (Å²) in [5.41, 5.74) is 2.74. The molecule has 0 radical (unpaired) electrons. The van der Waals surface area contributed by atoms with Crippen LogP contribution in [0.1, 0.15) is 27.0 Å². The molecule has 0 N–H and O–H groups in total. The first kappa shape index (κ1) is 23.3. The van der Waals surface area contributed by atoms with Crippen LogP contribution >= 0.6 is 39.3 Å². The molecular formula is C25H17BrClNO4S. The van der Waals surface area contributed by atoms with E-state index in [1.54, 1.807) is 60.7 Å².